The van der Waals surface area contributed by atoms with Crippen LogP contribution in [0.25, 0.3) is 0 Å². The average Bonchev–Trinajstić information content (AvgIpc) is 3.25. The zero-order chi connectivity index (χ0) is 21.9. The van der Waals surface area contributed by atoms with Crippen LogP contribution in [0.3, 0.4) is 0 Å². The van der Waals surface area contributed by atoms with Gasteiger partial charge < -0.3 is 8.98 Å². The van der Waals surface area contributed by atoms with Crippen LogP contribution in [-0.2, 0) is 13.0 Å². The first-order valence-electron chi connectivity index (χ1n) is 9.41. The number of aromatic nitrogens is 3. The van der Waals surface area contributed by atoms with E-state index in [0.717, 1.165) is 21.9 Å². The van der Waals surface area contributed by atoms with Gasteiger partial charge in [-0.05, 0) is 31.4 Å². The highest BCUT2D eigenvalue weighted by Crippen LogP contribution is 2.26. The van der Waals surface area contributed by atoms with Gasteiger partial charge in [-0.15, -0.1) is 10.2 Å². The van der Waals surface area contributed by atoms with Crippen LogP contribution >= 0.6 is 11.8 Å². The molecule has 1 aromatic carbocycles. The van der Waals surface area contributed by atoms with Crippen LogP contribution in [0.1, 0.15) is 46.0 Å². The molecule has 0 saturated heterocycles. The molecule has 0 aliphatic carbocycles. The topological polar surface area (TPSA) is 60.9 Å². The molecule has 0 saturated carbocycles. The molecule has 0 spiro atoms. The molecule has 2 heterocycles. The average molecular weight is 437 g/mol. The van der Waals surface area contributed by atoms with Crippen molar-refractivity contribution in [2.24, 2.45) is 0 Å². The number of hydrogen-bond donors (Lipinski definition) is 0. The van der Waals surface area contributed by atoms with E-state index in [4.69, 9.17) is 4.42 Å². The lowest BCUT2D eigenvalue weighted by molar-refractivity contribution is -0.141. The Hall–Kier alpha value is -2.55. The fraction of sp³-hybridized carbons (Fsp3) is 0.381. The second-order valence-corrected chi connectivity index (χ2v) is 8.10. The normalized spacial score (nSPS) is 12.9. The van der Waals surface area contributed by atoms with Gasteiger partial charge in [-0.25, -0.2) is 0 Å². The van der Waals surface area contributed by atoms with Crippen LogP contribution in [0.2, 0.25) is 0 Å². The summed E-state index contributed by atoms with van der Waals surface area (Å²) in [5.41, 5.74) is 2.14. The second-order valence-electron chi connectivity index (χ2n) is 7.18. The number of ketones is 1. The molecule has 0 aliphatic rings. The van der Waals surface area contributed by atoms with Crippen molar-refractivity contribution in [2.75, 3.05) is 5.75 Å². The third-order valence-corrected chi connectivity index (χ3v) is 5.65. The summed E-state index contributed by atoms with van der Waals surface area (Å²) in [6, 6.07) is 11.5. The van der Waals surface area contributed by atoms with Crippen molar-refractivity contribution in [3.63, 3.8) is 0 Å². The maximum atomic E-state index is 12.7. The monoisotopic (exact) mass is 437 g/mol. The Morgan fingerprint density at radius 3 is 2.57 bits per heavy atom. The number of Topliss-reactive ketones (excluding diaryl/α,β-unsaturated/α-hetero) is 1. The molecule has 5 nitrogen and oxygen atoms in total. The molecule has 0 bridgehead atoms. The van der Waals surface area contributed by atoms with E-state index in [1.807, 2.05) is 30.3 Å². The van der Waals surface area contributed by atoms with Crippen molar-refractivity contribution in [3.8, 4) is 0 Å². The Balaban J connectivity index is 1.60. The Morgan fingerprint density at radius 2 is 1.90 bits per heavy atom. The van der Waals surface area contributed by atoms with Crippen LogP contribution in [-0.4, -0.2) is 32.5 Å². The van der Waals surface area contributed by atoms with Gasteiger partial charge in [-0.1, -0.05) is 49.0 Å². The molecule has 0 N–H and O–H groups in total. The predicted molar refractivity (Wildman–Crippen MR) is 108 cm³/mol. The van der Waals surface area contributed by atoms with Gasteiger partial charge >= 0.3 is 6.18 Å². The summed E-state index contributed by atoms with van der Waals surface area (Å²) in [7, 11) is 0. The van der Waals surface area contributed by atoms with Gasteiger partial charge in [-0.2, -0.15) is 13.2 Å². The molecule has 1 unspecified atom stereocenters. The van der Waals surface area contributed by atoms with Gasteiger partial charge in [0.15, 0.2) is 5.78 Å². The van der Waals surface area contributed by atoms with Crippen molar-refractivity contribution in [3.05, 3.63) is 64.8 Å². The van der Waals surface area contributed by atoms with Gasteiger partial charge in [0.2, 0.25) is 5.89 Å². The number of alkyl halides is 3. The molecule has 30 heavy (non-hydrogen) atoms. The number of hydrogen-bond acceptors (Lipinski definition) is 5. The molecule has 1 atom stereocenters. The van der Waals surface area contributed by atoms with Crippen LogP contribution in [0.4, 0.5) is 13.2 Å². The number of rotatable bonds is 8. The van der Waals surface area contributed by atoms with Crippen LogP contribution in [0.15, 0.2) is 46.0 Å². The summed E-state index contributed by atoms with van der Waals surface area (Å²) < 4.78 is 45.0. The van der Waals surface area contributed by atoms with Crippen LogP contribution < -0.4 is 0 Å². The van der Waals surface area contributed by atoms with E-state index >= 15 is 0 Å². The largest absolute Gasteiger partial charge is 0.416 e. The lowest BCUT2D eigenvalue weighted by atomic mass is 9.98. The van der Waals surface area contributed by atoms with E-state index in [2.05, 4.69) is 17.1 Å². The van der Waals surface area contributed by atoms with Crippen molar-refractivity contribution < 1.29 is 22.4 Å². The summed E-state index contributed by atoms with van der Waals surface area (Å²) in [6.07, 6.45) is -3.77. The minimum absolute atomic E-state index is 0.00613. The van der Waals surface area contributed by atoms with Crippen molar-refractivity contribution in [1.82, 2.24) is 14.8 Å². The standard InChI is InChI=1S/C21H22F3N3O2S/c1-13(16-7-5-4-6-8-16)9-19-25-26-20(29-19)30-11-18(28)17-10-14(2)27(15(17)3)12-21(22,23)24/h4-8,10,13H,9,11-12H2,1-3H3. The molecule has 0 fully saturated rings. The number of benzene rings is 1. The molecular formula is C21H22F3N3O2S. The number of carbonyl (C=O) groups excluding carboxylic acids is 1. The summed E-state index contributed by atoms with van der Waals surface area (Å²) in [5, 5.41) is 8.26. The molecule has 0 aliphatic heterocycles. The number of thioether (sulfide) groups is 1. The molecule has 160 valence electrons. The Morgan fingerprint density at radius 1 is 1.20 bits per heavy atom. The third kappa shape index (κ3) is 5.53. The zero-order valence-electron chi connectivity index (χ0n) is 16.9. The number of halogens is 3. The fourth-order valence-corrected chi connectivity index (χ4v) is 3.92. The lowest BCUT2D eigenvalue weighted by Crippen LogP contribution is -2.19. The molecule has 2 aromatic heterocycles. The van der Waals surface area contributed by atoms with E-state index < -0.39 is 12.7 Å². The van der Waals surface area contributed by atoms with E-state index in [9.17, 15) is 18.0 Å². The first kappa shape index (κ1) is 22.1. The van der Waals surface area contributed by atoms with Gasteiger partial charge in [0.25, 0.3) is 5.22 Å². The number of aryl methyl sites for hydroxylation is 1. The molecule has 3 aromatic rings. The molecule has 9 heteroatoms. The van der Waals surface area contributed by atoms with Crippen LogP contribution in [0, 0.1) is 13.8 Å². The summed E-state index contributed by atoms with van der Waals surface area (Å²) in [4.78, 5) is 12.5. The Labute approximate surface area is 176 Å². The third-order valence-electron chi connectivity index (χ3n) is 4.84. The van der Waals surface area contributed by atoms with Crippen molar-refractivity contribution in [2.45, 2.75) is 51.1 Å². The highest BCUT2D eigenvalue weighted by molar-refractivity contribution is 7.99. The van der Waals surface area contributed by atoms with Gasteiger partial charge in [0, 0.05) is 23.4 Å². The van der Waals surface area contributed by atoms with Gasteiger partial charge in [0.05, 0.1) is 5.75 Å². The maximum Gasteiger partial charge on any atom is 0.406 e. The van der Waals surface area contributed by atoms with E-state index in [0.29, 0.717) is 23.7 Å². The fourth-order valence-electron chi connectivity index (χ4n) is 3.25. The van der Waals surface area contributed by atoms with Crippen molar-refractivity contribution in [1.29, 1.82) is 0 Å². The Bertz CT molecular complexity index is 1010. The quantitative estimate of drug-likeness (QED) is 0.350. The maximum absolute atomic E-state index is 12.7. The first-order chi connectivity index (χ1) is 14.1. The first-order valence-corrected chi connectivity index (χ1v) is 10.4. The molecule has 3 rings (SSSR count). The smallest absolute Gasteiger partial charge is 0.406 e. The lowest BCUT2D eigenvalue weighted by Gasteiger charge is -2.12. The van der Waals surface area contributed by atoms with Gasteiger partial charge in [-0.3, -0.25) is 4.79 Å². The van der Waals surface area contributed by atoms with Gasteiger partial charge in [0.1, 0.15) is 6.54 Å². The predicted octanol–water partition coefficient (Wildman–Crippen LogP) is 5.37. The number of nitrogens with zero attached hydrogens (tertiary/aromatic N) is 3. The van der Waals surface area contributed by atoms with Crippen LogP contribution in [0.5, 0.6) is 0 Å². The minimum Gasteiger partial charge on any atom is -0.416 e. The van der Waals surface area contributed by atoms with E-state index in [-0.39, 0.29) is 28.2 Å². The zero-order valence-corrected chi connectivity index (χ0v) is 17.7. The number of carbonyl (C=O) groups is 1. The summed E-state index contributed by atoms with van der Waals surface area (Å²) in [5.74, 6) is 0.403. The summed E-state index contributed by atoms with van der Waals surface area (Å²) >= 11 is 1.08. The van der Waals surface area contributed by atoms with E-state index in [1.54, 1.807) is 6.92 Å². The minimum atomic E-state index is -4.35. The molecule has 0 radical (unpaired) electrons. The van der Waals surface area contributed by atoms with Crippen molar-refractivity contribution >= 4 is 17.5 Å². The van der Waals surface area contributed by atoms with E-state index in [1.165, 1.54) is 13.0 Å². The SMILES string of the molecule is Cc1cc(C(=O)CSc2nnc(CC(C)c3ccccc3)o2)c(C)n1CC(F)(F)F. The second kappa shape index (κ2) is 9.07. The molecular weight excluding hydrogens is 415 g/mol. The summed E-state index contributed by atoms with van der Waals surface area (Å²) in [6.45, 7) is 4.03. The highest BCUT2D eigenvalue weighted by atomic mass is 32.2. The Kier molecular flexibility index (Phi) is 6.70. The molecule has 0 amide bonds. The highest BCUT2D eigenvalue weighted by Gasteiger charge is 2.30.